The molecular weight excluding hydrogens is 389 g/mol. The van der Waals surface area contributed by atoms with E-state index in [1.165, 1.54) is 0 Å². The second-order valence-corrected chi connectivity index (χ2v) is 7.85. The Morgan fingerprint density at radius 1 is 1.30 bits per heavy atom. The van der Waals surface area contributed by atoms with Gasteiger partial charge in [-0.05, 0) is 30.5 Å². The predicted molar refractivity (Wildman–Crippen MR) is 103 cm³/mol. The van der Waals surface area contributed by atoms with Gasteiger partial charge in [-0.25, -0.2) is 0 Å². The normalized spacial score (nSPS) is 19.6. The second kappa shape index (κ2) is 8.00. The van der Waals surface area contributed by atoms with Gasteiger partial charge in [0.15, 0.2) is 5.69 Å². The predicted octanol–water partition coefficient (Wildman–Crippen LogP) is 4.06. The van der Waals surface area contributed by atoms with Crippen LogP contribution in [-0.4, -0.2) is 45.8 Å². The van der Waals surface area contributed by atoms with Crippen LogP contribution in [0.1, 0.15) is 30.8 Å². The van der Waals surface area contributed by atoms with Gasteiger partial charge in [0.25, 0.3) is 5.91 Å². The Balaban J connectivity index is 1.70. The van der Waals surface area contributed by atoms with E-state index in [0.29, 0.717) is 23.9 Å². The van der Waals surface area contributed by atoms with Crippen LogP contribution in [0.3, 0.4) is 0 Å². The Morgan fingerprint density at radius 3 is 2.67 bits per heavy atom. The Morgan fingerprint density at radius 2 is 2.07 bits per heavy atom. The first-order valence-electron chi connectivity index (χ1n) is 8.72. The van der Waals surface area contributed by atoms with Gasteiger partial charge in [0.2, 0.25) is 5.88 Å². The van der Waals surface area contributed by atoms with Crippen molar-refractivity contribution in [2.75, 3.05) is 19.7 Å². The van der Waals surface area contributed by atoms with Gasteiger partial charge < -0.3 is 14.7 Å². The molecule has 1 aliphatic rings. The van der Waals surface area contributed by atoms with Crippen molar-refractivity contribution in [3.8, 4) is 11.6 Å². The maximum Gasteiger partial charge on any atom is 0.274 e. The molecule has 1 atom stereocenters. The number of halogens is 2. The summed E-state index contributed by atoms with van der Waals surface area (Å²) in [4.78, 5) is 14.4. The lowest BCUT2D eigenvalue weighted by molar-refractivity contribution is 0.0645. The number of carbonyl (C=O) groups is 1. The molecule has 2 aromatic rings. The quantitative estimate of drug-likeness (QED) is 0.805. The number of likely N-dealkylation sites (tertiary alicyclic amines) is 1. The molecular formula is C19H21Cl2N3O3. The Hall–Kier alpha value is -1.89. The van der Waals surface area contributed by atoms with Crippen LogP contribution in [0.25, 0.3) is 0 Å². The molecule has 0 bridgehead atoms. The molecule has 6 nitrogen and oxygen atoms in total. The third-order valence-electron chi connectivity index (χ3n) is 5.20. The highest BCUT2D eigenvalue weighted by atomic mass is 35.5. The van der Waals surface area contributed by atoms with Crippen molar-refractivity contribution in [1.82, 2.24) is 15.1 Å². The summed E-state index contributed by atoms with van der Waals surface area (Å²) < 4.78 is 5.58. The molecule has 0 spiro atoms. The number of benzene rings is 1. The number of ether oxygens (including phenoxy) is 1. The molecule has 2 heterocycles. The lowest BCUT2D eigenvalue weighted by Crippen LogP contribution is -2.37. The van der Waals surface area contributed by atoms with E-state index in [0.717, 1.165) is 6.42 Å². The number of carbonyl (C=O) groups excluding carboxylic acids is 1. The van der Waals surface area contributed by atoms with Crippen LogP contribution < -0.4 is 4.74 Å². The summed E-state index contributed by atoms with van der Waals surface area (Å²) in [6.45, 7) is 5.30. The molecule has 1 aliphatic heterocycles. The van der Waals surface area contributed by atoms with Crippen LogP contribution in [0.4, 0.5) is 0 Å². The molecule has 0 radical (unpaired) electrons. The van der Waals surface area contributed by atoms with Crippen LogP contribution >= 0.6 is 23.2 Å². The zero-order valence-corrected chi connectivity index (χ0v) is 16.7. The van der Waals surface area contributed by atoms with Crippen molar-refractivity contribution in [2.45, 2.75) is 20.3 Å². The van der Waals surface area contributed by atoms with E-state index in [1.54, 1.807) is 35.2 Å². The number of aromatic nitrogens is 2. The third kappa shape index (κ3) is 4.03. The molecule has 1 amide bonds. The van der Waals surface area contributed by atoms with E-state index in [-0.39, 0.29) is 40.4 Å². The third-order valence-corrected chi connectivity index (χ3v) is 6.00. The minimum Gasteiger partial charge on any atom is -0.436 e. The van der Waals surface area contributed by atoms with Crippen molar-refractivity contribution in [2.24, 2.45) is 11.3 Å². The molecule has 1 unspecified atom stereocenters. The molecule has 0 aliphatic carbocycles. The molecule has 1 aromatic heterocycles. The minimum atomic E-state index is -0.254. The van der Waals surface area contributed by atoms with Crippen molar-refractivity contribution in [1.29, 1.82) is 0 Å². The van der Waals surface area contributed by atoms with E-state index >= 15 is 0 Å². The molecule has 1 fully saturated rings. The fraction of sp³-hybridized carbons (Fsp3) is 0.421. The summed E-state index contributed by atoms with van der Waals surface area (Å²) in [5.74, 6) is 0.654. The van der Waals surface area contributed by atoms with E-state index in [2.05, 4.69) is 24.0 Å². The van der Waals surface area contributed by atoms with Crippen molar-refractivity contribution in [3.63, 3.8) is 0 Å². The molecule has 3 rings (SSSR count). The topological polar surface area (TPSA) is 75.5 Å². The van der Waals surface area contributed by atoms with Gasteiger partial charge in [-0.2, -0.15) is 0 Å². The number of nitrogens with zero attached hydrogens (tertiary/aromatic N) is 3. The molecule has 1 aromatic carbocycles. The van der Waals surface area contributed by atoms with E-state index in [4.69, 9.17) is 27.9 Å². The number of hydrogen-bond acceptors (Lipinski definition) is 5. The molecule has 0 saturated carbocycles. The monoisotopic (exact) mass is 409 g/mol. The lowest BCUT2D eigenvalue weighted by atomic mass is 9.77. The first-order valence-corrected chi connectivity index (χ1v) is 9.47. The van der Waals surface area contributed by atoms with Gasteiger partial charge >= 0.3 is 0 Å². The molecule has 1 saturated heterocycles. The maximum absolute atomic E-state index is 12.7. The van der Waals surface area contributed by atoms with Gasteiger partial charge in [0.05, 0.1) is 11.6 Å². The maximum atomic E-state index is 12.7. The molecule has 27 heavy (non-hydrogen) atoms. The fourth-order valence-corrected chi connectivity index (χ4v) is 3.51. The van der Waals surface area contributed by atoms with E-state index in [1.807, 2.05) is 0 Å². The Bertz CT molecular complexity index is 829. The van der Waals surface area contributed by atoms with Gasteiger partial charge in [0, 0.05) is 24.6 Å². The van der Waals surface area contributed by atoms with Crippen LogP contribution in [-0.2, 0) is 0 Å². The smallest absolute Gasteiger partial charge is 0.274 e. The summed E-state index contributed by atoms with van der Waals surface area (Å²) in [5.41, 5.74) is -0.0211. The lowest BCUT2D eigenvalue weighted by Gasteiger charge is -2.31. The first-order chi connectivity index (χ1) is 12.9. The minimum absolute atomic E-state index is 0.0628. The SMILES string of the molecule is CC(C)C1(CO)CCN(C(=O)c2ccc(Oc3cccc(Cl)c3Cl)nn2)C1. The average molecular weight is 410 g/mol. The highest BCUT2D eigenvalue weighted by molar-refractivity contribution is 6.42. The summed E-state index contributed by atoms with van der Waals surface area (Å²) in [7, 11) is 0. The van der Waals surface area contributed by atoms with Gasteiger partial charge in [0.1, 0.15) is 10.8 Å². The summed E-state index contributed by atoms with van der Waals surface area (Å²) in [6, 6.07) is 8.17. The van der Waals surface area contributed by atoms with Crippen LogP contribution in [0.5, 0.6) is 11.6 Å². The van der Waals surface area contributed by atoms with Gasteiger partial charge in [-0.15, -0.1) is 10.2 Å². The summed E-state index contributed by atoms with van der Waals surface area (Å²) >= 11 is 12.1. The van der Waals surface area contributed by atoms with Crippen LogP contribution in [0.15, 0.2) is 30.3 Å². The van der Waals surface area contributed by atoms with E-state index in [9.17, 15) is 9.90 Å². The molecule has 8 heteroatoms. The van der Waals surface area contributed by atoms with Crippen LogP contribution in [0, 0.1) is 11.3 Å². The first kappa shape index (κ1) is 19.9. The zero-order valence-electron chi connectivity index (χ0n) is 15.2. The summed E-state index contributed by atoms with van der Waals surface area (Å²) in [5, 5.41) is 18.4. The van der Waals surface area contributed by atoms with Crippen molar-refractivity contribution < 1.29 is 14.6 Å². The number of hydrogen-bond donors (Lipinski definition) is 1. The molecule has 144 valence electrons. The highest BCUT2D eigenvalue weighted by Crippen LogP contribution is 2.38. The molecule has 1 N–H and O–H groups in total. The number of rotatable bonds is 5. The number of amides is 1. The number of aliphatic hydroxyl groups excluding tert-OH is 1. The van der Waals surface area contributed by atoms with Crippen molar-refractivity contribution in [3.05, 3.63) is 46.1 Å². The zero-order chi connectivity index (χ0) is 19.6. The highest BCUT2D eigenvalue weighted by Gasteiger charge is 2.42. The van der Waals surface area contributed by atoms with E-state index < -0.39 is 0 Å². The standard InChI is InChI=1S/C19H21Cl2N3O3/c1-12(2)19(11-25)8-9-24(10-19)18(26)14-6-7-16(23-22-14)27-15-5-3-4-13(20)17(15)21/h3-7,12,25H,8-11H2,1-2H3. The summed E-state index contributed by atoms with van der Waals surface area (Å²) in [6.07, 6.45) is 0.773. The largest absolute Gasteiger partial charge is 0.436 e. The van der Waals surface area contributed by atoms with Gasteiger partial charge in [-0.3, -0.25) is 4.79 Å². The second-order valence-electron chi connectivity index (χ2n) is 7.06. The average Bonchev–Trinajstić information content (AvgIpc) is 3.12. The van der Waals surface area contributed by atoms with Gasteiger partial charge in [-0.1, -0.05) is 43.1 Å². The van der Waals surface area contributed by atoms with Crippen LogP contribution in [0.2, 0.25) is 10.0 Å². The van der Waals surface area contributed by atoms with Crippen molar-refractivity contribution >= 4 is 29.1 Å². The Labute approximate surface area is 168 Å². The number of aliphatic hydroxyl groups is 1. The Kier molecular flexibility index (Phi) is 5.89. The fourth-order valence-electron chi connectivity index (χ4n) is 3.18.